The molecule has 3 heterocycles. The molecule has 3 aromatic heterocycles. The lowest BCUT2D eigenvalue weighted by atomic mass is 9.94. The molecule has 0 amide bonds. The molecule has 0 fully saturated rings. The summed E-state index contributed by atoms with van der Waals surface area (Å²) < 4.78 is 9.07. The van der Waals surface area contributed by atoms with Gasteiger partial charge in [0.2, 0.25) is 0 Å². The maximum absolute atomic E-state index is 6.68. The predicted octanol–water partition coefficient (Wildman–Crippen LogP) is 12.5. The highest BCUT2D eigenvalue weighted by Gasteiger charge is 2.20. The molecule has 0 spiro atoms. The first-order valence-corrected chi connectivity index (χ1v) is 17.4. The van der Waals surface area contributed by atoms with Crippen LogP contribution in [0.3, 0.4) is 0 Å². The normalized spacial score (nSPS) is 11.6. The van der Waals surface area contributed by atoms with E-state index in [0.29, 0.717) is 17.5 Å². The molecule has 0 saturated carbocycles. The third kappa shape index (κ3) is 4.71. The van der Waals surface area contributed by atoms with Gasteiger partial charge in [-0.2, -0.15) is 0 Å². The van der Waals surface area contributed by atoms with Gasteiger partial charge in [0.05, 0.1) is 0 Å². The minimum atomic E-state index is 0.651. The molecule has 0 unspecified atom stereocenters. The Morgan fingerprint density at radius 1 is 0.400 bits per heavy atom. The first-order chi connectivity index (χ1) is 24.8. The van der Waals surface area contributed by atoms with Crippen molar-refractivity contribution in [1.82, 2.24) is 15.0 Å². The molecule has 0 bridgehead atoms. The van der Waals surface area contributed by atoms with Crippen LogP contribution in [0, 0.1) is 0 Å². The first kappa shape index (κ1) is 28.6. The highest BCUT2D eigenvalue weighted by atomic mass is 32.1. The van der Waals surface area contributed by atoms with Crippen molar-refractivity contribution in [3.8, 4) is 56.4 Å². The predicted molar refractivity (Wildman–Crippen MR) is 207 cm³/mol. The van der Waals surface area contributed by atoms with E-state index in [2.05, 4.69) is 97.1 Å². The summed E-state index contributed by atoms with van der Waals surface area (Å²) in [5.74, 6) is 1.96. The lowest BCUT2D eigenvalue weighted by Crippen LogP contribution is -1.99. The molecule has 0 atom stereocenters. The van der Waals surface area contributed by atoms with Crippen LogP contribution < -0.4 is 0 Å². The number of nitrogens with zero attached hydrogens (tertiary/aromatic N) is 3. The van der Waals surface area contributed by atoms with E-state index < -0.39 is 0 Å². The van der Waals surface area contributed by atoms with Gasteiger partial charge < -0.3 is 4.42 Å². The van der Waals surface area contributed by atoms with E-state index in [4.69, 9.17) is 19.4 Å². The minimum absolute atomic E-state index is 0.651. The SMILES string of the molecule is c1ccc(-c2nc(-c3ccccc3)nc(-c3ccc4c(c3)sc3c(-c5ccc(-c6ccccc6)c6c5oc5ccccc56)cccc34)n2)cc1. The maximum atomic E-state index is 6.68. The first-order valence-electron chi connectivity index (χ1n) is 16.6. The van der Waals surface area contributed by atoms with Crippen molar-refractivity contribution in [3.05, 3.63) is 164 Å². The van der Waals surface area contributed by atoms with Crippen LogP contribution >= 0.6 is 11.3 Å². The van der Waals surface area contributed by atoms with E-state index >= 15 is 0 Å². The van der Waals surface area contributed by atoms with Crippen LogP contribution in [0.15, 0.2) is 168 Å². The van der Waals surface area contributed by atoms with E-state index in [1.807, 2.05) is 66.7 Å². The molecule has 0 aliphatic rings. The topological polar surface area (TPSA) is 51.8 Å². The van der Waals surface area contributed by atoms with Gasteiger partial charge in [0.25, 0.3) is 0 Å². The van der Waals surface area contributed by atoms with Gasteiger partial charge in [0.15, 0.2) is 17.5 Å². The zero-order valence-corrected chi connectivity index (χ0v) is 27.6. The van der Waals surface area contributed by atoms with Crippen LogP contribution in [0.5, 0.6) is 0 Å². The summed E-state index contributed by atoms with van der Waals surface area (Å²) in [6, 6.07) is 56.7. The van der Waals surface area contributed by atoms with Crippen molar-refractivity contribution < 1.29 is 4.42 Å². The Labute approximate surface area is 292 Å². The molecule has 4 nitrogen and oxygen atoms in total. The van der Waals surface area contributed by atoms with Crippen molar-refractivity contribution in [1.29, 1.82) is 0 Å². The molecule has 0 aliphatic heterocycles. The van der Waals surface area contributed by atoms with Crippen LogP contribution in [-0.4, -0.2) is 15.0 Å². The summed E-state index contributed by atoms with van der Waals surface area (Å²) in [7, 11) is 0. The molecule has 10 aromatic rings. The molecule has 5 heteroatoms. The number of furan rings is 1. The Morgan fingerprint density at radius 3 is 1.68 bits per heavy atom. The molecule has 0 radical (unpaired) electrons. The summed E-state index contributed by atoms with van der Waals surface area (Å²) in [6.07, 6.45) is 0. The fourth-order valence-electron chi connectivity index (χ4n) is 6.99. The van der Waals surface area contributed by atoms with Crippen LogP contribution in [0.1, 0.15) is 0 Å². The van der Waals surface area contributed by atoms with Gasteiger partial charge >= 0.3 is 0 Å². The number of hydrogen-bond acceptors (Lipinski definition) is 5. The van der Waals surface area contributed by atoms with Gasteiger partial charge in [-0.25, -0.2) is 15.0 Å². The van der Waals surface area contributed by atoms with E-state index in [9.17, 15) is 0 Å². The van der Waals surface area contributed by atoms with Crippen LogP contribution in [0.25, 0.3) is 98.5 Å². The van der Waals surface area contributed by atoms with Gasteiger partial charge in [-0.1, -0.05) is 146 Å². The molecular formula is C45H27N3OS. The van der Waals surface area contributed by atoms with Gasteiger partial charge in [0.1, 0.15) is 11.2 Å². The molecule has 0 saturated heterocycles. The van der Waals surface area contributed by atoms with Gasteiger partial charge in [0, 0.05) is 58.8 Å². The fraction of sp³-hybridized carbons (Fsp3) is 0. The number of thiophene rings is 1. The molecular weight excluding hydrogens is 631 g/mol. The van der Waals surface area contributed by atoms with Crippen molar-refractivity contribution >= 4 is 53.4 Å². The number of fused-ring (bicyclic) bond motifs is 6. The Balaban J connectivity index is 1.16. The Hall–Kier alpha value is -6.43. The molecule has 234 valence electrons. The number of hydrogen-bond donors (Lipinski definition) is 0. The van der Waals surface area contributed by atoms with E-state index in [0.717, 1.165) is 49.8 Å². The zero-order valence-electron chi connectivity index (χ0n) is 26.7. The molecule has 0 N–H and O–H groups in total. The molecule has 10 rings (SSSR count). The van der Waals surface area contributed by atoms with Crippen LogP contribution in [-0.2, 0) is 0 Å². The maximum Gasteiger partial charge on any atom is 0.164 e. The molecule has 0 aliphatic carbocycles. The molecule has 50 heavy (non-hydrogen) atoms. The average Bonchev–Trinajstić information content (AvgIpc) is 3.77. The Kier molecular flexibility index (Phi) is 6.64. The number of para-hydroxylation sites is 1. The third-order valence-corrected chi connectivity index (χ3v) is 10.6. The number of aromatic nitrogens is 3. The largest absolute Gasteiger partial charge is 0.455 e. The second-order valence-corrected chi connectivity index (χ2v) is 13.4. The monoisotopic (exact) mass is 657 g/mol. The Bertz CT molecular complexity index is 2800. The zero-order chi connectivity index (χ0) is 33.0. The van der Waals surface area contributed by atoms with Crippen LogP contribution in [0.4, 0.5) is 0 Å². The lowest BCUT2D eigenvalue weighted by Gasteiger charge is -2.09. The fourth-order valence-corrected chi connectivity index (χ4v) is 8.26. The Morgan fingerprint density at radius 2 is 0.980 bits per heavy atom. The number of rotatable bonds is 5. The summed E-state index contributed by atoms with van der Waals surface area (Å²) in [6.45, 7) is 0. The third-order valence-electron chi connectivity index (χ3n) is 9.36. The summed E-state index contributed by atoms with van der Waals surface area (Å²) in [4.78, 5) is 14.8. The van der Waals surface area contributed by atoms with Crippen molar-refractivity contribution in [2.24, 2.45) is 0 Å². The van der Waals surface area contributed by atoms with Gasteiger partial charge in [-0.15, -0.1) is 11.3 Å². The van der Waals surface area contributed by atoms with Crippen molar-refractivity contribution in [2.45, 2.75) is 0 Å². The van der Waals surface area contributed by atoms with Gasteiger partial charge in [-0.3, -0.25) is 0 Å². The van der Waals surface area contributed by atoms with E-state index in [-0.39, 0.29) is 0 Å². The second-order valence-electron chi connectivity index (χ2n) is 12.4. The lowest BCUT2D eigenvalue weighted by molar-refractivity contribution is 0.670. The van der Waals surface area contributed by atoms with E-state index in [1.165, 1.54) is 31.3 Å². The standard InChI is InChI=1S/C45H27N3OS/c1-4-13-28(14-5-1)32-25-26-34(41-40(32)37-19-10-11-22-38(37)49-41)36-21-12-20-35-33-24-23-31(27-39(33)50-42(35)36)45-47-43(29-15-6-2-7-16-29)46-44(48-45)30-17-8-3-9-18-30/h1-27H. The average molecular weight is 658 g/mol. The van der Waals surface area contributed by atoms with E-state index in [1.54, 1.807) is 11.3 Å². The van der Waals surface area contributed by atoms with Gasteiger partial charge in [-0.05, 0) is 29.3 Å². The summed E-state index contributed by atoms with van der Waals surface area (Å²) in [5.41, 5.74) is 9.25. The quantitative estimate of drug-likeness (QED) is 0.185. The minimum Gasteiger partial charge on any atom is -0.455 e. The van der Waals surface area contributed by atoms with Crippen LogP contribution in [0.2, 0.25) is 0 Å². The molecule has 7 aromatic carbocycles. The highest BCUT2D eigenvalue weighted by molar-refractivity contribution is 7.26. The summed E-state index contributed by atoms with van der Waals surface area (Å²) >= 11 is 1.80. The smallest absolute Gasteiger partial charge is 0.164 e. The second kappa shape index (κ2) is 11.6. The summed E-state index contributed by atoms with van der Waals surface area (Å²) in [5, 5.41) is 4.69. The number of benzene rings is 7. The highest BCUT2D eigenvalue weighted by Crippen LogP contribution is 2.46. The van der Waals surface area contributed by atoms with Crippen molar-refractivity contribution in [2.75, 3.05) is 0 Å². The van der Waals surface area contributed by atoms with Crippen molar-refractivity contribution in [3.63, 3.8) is 0 Å².